The van der Waals surface area contributed by atoms with Crippen molar-refractivity contribution in [2.45, 2.75) is 6.92 Å². The van der Waals surface area contributed by atoms with Crippen molar-refractivity contribution in [3.63, 3.8) is 0 Å². The summed E-state index contributed by atoms with van der Waals surface area (Å²) >= 11 is 3.35. The van der Waals surface area contributed by atoms with Gasteiger partial charge in [-0.05, 0) is 18.6 Å². The van der Waals surface area contributed by atoms with Crippen LogP contribution in [0, 0.1) is 0 Å². The third-order valence-corrected chi connectivity index (χ3v) is 2.27. The summed E-state index contributed by atoms with van der Waals surface area (Å²) < 4.78 is 5.80. The number of hydrogen-bond acceptors (Lipinski definition) is 2. The van der Waals surface area contributed by atoms with Gasteiger partial charge in [-0.2, -0.15) is 0 Å². The van der Waals surface area contributed by atoms with Crippen LogP contribution in [0.25, 0.3) is 6.08 Å². The quantitative estimate of drug-likeness (QED) is 0.623. The minimum Gasteiger partial charge on any atom is -0.457 e. The summed E-state index contributed by atoms with van der Waals surface area (Å²) in [6.45, 7) is 5.35. The monoisotopic (exact) mass is 280 g/mol. The number of hydrogen-bond donors (Lipinski definition) is 0. The van der Waals surface area contributed by atoms with Crippen molar-refractivity contribution in [3.8, 4) is 0 Å². The number of ether oxygens (including phenoxy) is 1. The second-order valence-electron chi connectivity index (χ2n) is 3.36. The first kappa shape index (κ1) is 12.7. The Bertz CT molecular complexity index is 407. The van der Waals surface area contributed by atoms with Gasteiger partial charge in [-0.1, -0.05) is 52.8 Å². The Balaban J connectivity index is 2.53. The summed E-state index contributed by atoms with van der Waals surface area (Å²) in [5.74, 6) is -0.376. The van der Waals surface area contributed by atoms with E-state index in [1.165, 1.54) is 0 Å². The lowest BCUT2D eigenvalue weighted by Crippen LogP contribution is -2.05. The molecule has 0 saturated carbocycles. The average Bonchev–Trinajstić information content (AvgIpc) is 2.27. The summed E-state index contributed by atoms with van der Waals surface area (Å²) in [4.78, 5) is 11.1. The molecule has 0 N–H and O–H groups in total. The Morgan fingerprint density at radius 1 is 1.44 bits per heavy atom. The standard InChI is InChI=1S/C13H13BrO2/c1-10(2)13(15)16-9-12(14)8-11-6-4-3-5-7-11/h3-8H,1,9H2,2H3. The van der Waals surface area contributed by atoms with Crippen LogP contribution in [0.15, 0.2) is 47.0 Å². The van der Waals surface area contributed by atoms with Gasteiger partial charge in [0.1, 0.15) is 6.61 Å². The van der Waals surface area contributed by atoms with Crippen LogP contribution in [0.4, 0.5) is 0 Å². The molecule has 1 aromatic rings. The topological polar surface area (TPSA) is 26.3 Å². The molecule has 0 heterocycles. The number of esters is 1. The van der Waals surface area contributed by atoms with Gasteiger partial charge in [0.15, 0.2) is 0 Å². The van der Waals surface area contributed by atoms with Crippen LogP contribution >= 0.6 is 15.9 Å². The fraction of sp³-hybridized carbons (Fsp3) is 0.154. The molecule has 0 bridgehead atoms. The van der Waals surface area contributed by atoms with Gasteiger partial charge in [0.25, 0.3) is 0 Å². The fourth-order valence-electron chi connectivity index (χ4n) is 1.03. The van der Waals surface area contributed by atoms with Crippen molar-refractivity contribution in [1.29, 1.82) is 0 Å². The zero-order valence-electron chi connectivity index (χ0n) is 9.07. The van der Waals surface area contributed by atoms with E-state index in [4.69, 9.17) is 4.74 Å². The van der Waals surface area contributed by atoms with Crippen LogP contribution in [0.3, 0.4) is 0 Å². The maximum absolute atomic E-state index is 11.1. The number of benzene rings is 1. The van der Waals surface area contributed by atoms with Crippen molar-refractivity contribution in [2.75, 3.05) is 6.61 Å². The Morgan fingerprint density at radius 3 is 2.62 bits per heavy atom. The molecule has 1 aromatic carbocycles. The van der Waals surface area contributed by atoms with E-state index in [0.29, 0.717) is 5.57 Å². The Morgan fingerprint density at radius 2 is 2.06 bits per heavy atom. The zero-order chi connectivity index (χ0) is 12.0. The lowest BCUT2D eigenvalue weighted by Gasteiger charge is -2.03. The molecule has 84 valence electrons. The van der Waals surface area contributed by atoms with E-state index in [9.17, 15) is 4.79 Å². The highest BCUT2D eigenvalue weighted by Crippen LogP contribution is 2.12. The van der Waals surface area contributed by atoms with E-state index in [2.05, 4.69) is 22.5 Å². The van der Waals surface area contributed by atoms with Crippen LogP contribution in [0.2, 0.25) is 0 Å². The first-order chi connectivity index (χ1) is 7.59. The van der Waals surface area contributed by atoms with Crippen molar-refractivity contribution in [1.82, 2.24) is 0 Å². The minimum absolute atomic E-state index is 0.223. The maximum atomic E-state index is 11.1. The number of rotatable bonds is 4. The van der Waals surface area contributed by atoms with E-state index in [1.807, 2.05) is 36.4 Å². The second kappa shape index (κ2) is 6.28. The van der Waals surface area contributed by atoms with Crippen molar-refractivity contribution in [3.05, 3.63) is 52.5 Å². The van der Waals surface area contributed by atoms with Gasteiger partial charge in [0.05, 0.1) is 0 Å². The molecule has 0 aliphatic heterocycles. The lowest BCUT2D eigenvalue weighted by molar-refractivity contribution is -0.137. The summed E-state index contributed by atoms with van der Waals surface area (Å²) in [7, 11) is 0. The minimum atomic E-state index is -0.376. The number of carbonyl (C=O) groups is 1. The highest BCUT2D eigenvalue weighted by Gasteiger charge is 2.03. The van der Waals surface area contributed by atoms with Crippen LogP contribution < -0.4 is 0 Å². The predicted octanol–water partition coefficient (Wildman–Crippen LogP) is 3.54. The maximum Gasteiger partial charge on any atom is 0.333 e. The average molecular weight is 281 g/mol. The normalized spacial score (nSPS) is 11.0. The molecule has 16 heavy (non-hydrogen) atoms. The van der Waals surface area contributed by atoms with Crippen LogP contribution in [-0.2, 0) is 9.53 Å². The van der Waals surface area contributed by atoms with E-state index in [0.717, 1.165) is 10.0 Å². The van der Waals surface area contributed by atoms with Gasteiger partial charge >= 0.3 is 5.97 Å². The van der Waals surface area contributed by atoms with Crippen LogP contribution in [0.5, 0.6) is 0 Å². The third-order valence-electron chi connectivity index (χ3n) is 1.81. The highest BCUT2D eigenvalue weighted by molar-refractivity contribution is 9.11. The molecule has 0 radical (unpaired) electrons. The van der Waals surface area contributed by atoms with E-state index < -0.39 is 0 Å². The smallest absolute Gasteiger partial charge is 0.333 e. The SMILES string of the molecule is C=C(C)C(=O)OCC(Br)=Cc1ccccc1. The van der Waals surface area contributed by atoms with E-state index in [-0.39, 0.29) is 12.6 Å². The fourth-order valence-corrected chi connectivity index (χ4v) is 1.41. The highest BCUT2D eigenvalue weighted by atomic mass is 79.9. The first-order valence-electron chi connectivity index (χ1n) is 4.83. The molecular weight excluding hydrogens is 268 g/mol. The summed E-state index contributed by atoms with van der Waals surface area (Å²) in [5, 5.41) is 0. The predicted molar refractivity (Wildman–Crippen MR) is 69.1 cm³/mol. The first-order valence-corrected chi connectivity index (χ1v) is 5.62. The van der Waals surface area contributed by atoms with E-state index in [1.54, 1.807) is 6.92 Å². The Hall–Kier alpha value is -1.35. The van der Waals surface area contributed by atoms with Gasteiger partial charge in [-0.3, -0.25) is 0 Å². The molecule has 0 atom stereocenters. The van der Waals surface area contributed by atoms with Crippen LogP contribution in [-0.4, -0.2) is 12.6 Å². The summed E-state index contributed by atoms with van der Waals surface area (Å²) in [6, 6.07) is 9.80. The molecule has 0 spiro atoms. The van der Waals surface area contributed by atoms with Crippen molar-refractivity contribution in [2.24, 2.45) is 0 Å². The zero-order valence-corrected chi connectivity index (χ0v) is 10.7. The number of carbonyl (C=O) groups excluding carboxylic acids is 1. The number of halogens is 1. The second-order valence-corrected chi connectivity index (χ2v) is 4.38. The summed E-state index contributed by atoms with van der Waals surface area (Å²) in [5.41, 5.74) is 1.46. The summed E-state index contributed by atoms with van der Waals surface area (Å²) in [6.07, 6.45) is 1.91. The van der Waals surface area contributed by atoms with Gasteiger partial charge in [-0.25, -0.2) is 4.79 Å². The molecule has 0 aliphatic carbocycles. The molecule has 3 heteroatoms. The van der Waals surface area contributed by atoms with Gasteiger partial charge in [0, 0.05) is 10.1 Å². The molecular formula is C13H13BrO2. The molecule has 0 saturated heterocycles. The molecule has 0 unspecified atom stereocenters. The Labute approximate surface area is 104 Å². The molecule has 0 fully saturated rings. The van der Waals surface area contributed by atoms with Gasteiger partial charge in [0.2, 0.25) is 0 Å². The van der Waals surface area contributed by atoms with Gasteiger partial charge in [-0.15, -0.1) is 0 Å². The van der Waals surface area contributed by atoms with Crippen LogP contribution in [0.1, 0.15) is 12.5 Å². The molecule has 2 nitrogen and oxygen atoms in total. The largest absolute Gasteiger partial charge is 0.457 e. The van der Waals surface area contributed by atoms with Crippen molar-refractivity contribution >= 4 is 28.0 Å². The molecule has 0 amide bonds. The Kier molecular flexibility index (Phi) is 4.99. The lowest BCUT2D eigenvalue weighted by atomic mass is 10.2. The van der Waals surface area contributed by atoms with Crippen molar-refractivity contribution < 1.29 is 9.53 Å². The molecule has 1 rings (SSSR count). The molecule has 0 aliphatic rings. The van der Waals surface area contributed by atoms with E-state index >= 15 is 0 Å². The third kappa shape index (κ3) is 4.45. The molecule has 0 aromatic heterocycles. The van der Waals surface area contributed by atoms with Gasteiger partial charge < -0.3 is 4.74 Å².